The molecule has 0 unspecified atom stereocenters. The van der Waals surface area contributed by atoms with Crippen LogP contribution in [-0.4, -0.2) is 35.2 Å². The number of carbonyl (C=O) groups excluding carboxylic acids is 1. The van der Waals surface area contributed by atoms with Crippen LogP contribution < -0.4 is 10.6 Å². The van der Waals surface area contributed by atoms with Crippen LogP contribution in [0.4, 0.5) is 5.82 Å². The number of hydrogen-bond donors (Lipinski definition) is 3. The van der Waals surface area contributed by atoms with Gasteiger partial charge in [-0.1, -0.05) is 11.6 Å². The number of rotatable bonds is 4. The summed E-state index contributed by atoms with van der Waals surface area (Å²) in [5.41, 5.74) is -0.291. The summed E-state index contributed by atoms with van der Waals surface area (Å²) in [6.07, 6.45) is 2.50. The van der Waals surface area contributed by atoms with E-state index in [9.17, 15) is 9.90 Å². The highest BCUT2D eigenvalue weighted by Crippen LogP contribution is 2.30. The van der Waals surface area contributed by atoms with Crippen LogP contribution in [0.25, 0.3) is 0 Å². The van der Waals surface area contributed by atoms with E-state index < -0.39 is 5.60 Å². The lowest BCUT2D eigenvalue weighted by molar-refractivity contribution is -0.0300. The number of carbonyl (C=O) groups is 1. The molecule has 1 heterocycles. The SMILES string of the molecule is CNc1cc(C(=O)NCC2(O)CCC2)cc(Cl)n1. The summed E-state index contributed by atoms with van der Waals surface area (Å²) >= 11 is 5.82. The minimum Gasteiger partial charge on any atom is -0.388 e. The fourth-order valence-electron chi connectivity index (χ4n) is 1.86. The Morgan fingerprint density at radius 1 is 1.56 bits per heavy atom. The lowest BCUT2D eigenvalue weighted by Crippen LogP contribution is -2.47. The molecule has 1 aliphatic carbocycles. The molecule has 1 aliphatic rings. The third-order valence-corrected chi connectivity index (χ3v) is 3.37. The van der Waals surface area contributed by atoms with Crippen molar-refractivity contribution in [2.45, 2.75) is 24.9 Å². The van der Waals surface area contributed by atoms with Gasteiger partial charge in [-0.05, 0) is 31.4 Å². The summed E-state index contributed by atoms with van der Waals surface area (Å²) in [5, 5.41) is 15.7. The first-order valence-corrected chi connectivity index (χ1v) is 6.26. The first-order chi connectivity index (χ1) is 8.52. The molecule has 1 saturated carbocycles. The average molecular weight is 270 g/mol. The molecule has 0 aliphatic heterocycles. The Morgan fingerprint density at radius 3 is 2.83 bits per heavy atom. The van der Waals surface area contributed by atoms with Crippen molar-refractivity contribution < 1.29 is 9.90 Å². The number of aromatic nitrogens is 1. The van der Waals surface area contributed by atoms with Gasteiger partial charge in [-0.3, -0.25) is 4.79 Å². The molecule has 1 amide bonds. The number of nitrogens with one attached hydrogen (secondary N) is 2. The molecule has 0 spiro atoms. The second kappa shape index (κ2) is 5.12. The summed E-state index contributed by atoms with van der Waals surface area (Å²) in [4.78, 5) is 15.9. The van der Waals surface area contributed by atoms with Crippen molar-refractivity contribution in [2.75, 3.05) is 18.9 Å². The Balaban J connectivity index is 2.01. The highest BCUT2D eigenvalue weighted by Gasteiger charge is 2.34. The molecule has 5 nitrogen and oxygen atoms in total. The highest BCUT2D eigenvalue weighted by atomic mass is 35.5. The van der Waals surface area contributed by atoms with Crippen LogP contribution in [0, 0.1) is 0 Å². The van der Waals surface area contributed by atoms with E-state index in [1.807, 2.05) is 0 Å². The van der Waals surface area contributed by atoms with Gasteiger partial charge < -0.3 is 15.7 Å². The Labute approximate surface area is 111 Å². The maximum atomic E-state index is 11.9. The summed E-state index contributed by atoms with van der Waals surface area (Å²) in [6, 6.07) is 3.12. The standard InChI is InChI=1S/C12H16ClN3O2/c1-14-10-6-8(5-9(13)16-10)11(17)15-7-12(18)3-2-4-12/h5-6,18H,2-4,7H2,1H3,(H,14,16)(H,15,17). The van der Waals surface area contributed by atoms with Gasteiger partial charge in [0.25, 0.3) is 5.91 Å². The van der Waals surface area contributed by atoms with E-state index in [0.717, 1.165) is 19.3 Å². The molecule has 1 fully saturated rings. The maximum Gasteiger partial charge on any atom is 0.251 e. The molecule has 1 aromatic rings. The van der Waals surface area contributed by atoms with Gasteiger partial charge in [0.2, 0.25) is 0 Å². The second-order valence-corrected chi connectivity index (χ2v) is 4.96. The number of aliphatic hydroxyl groups is 1. The minimum absolute atomic E-state index is 0.254. The third kappa shape index (κ3) is 2.91. The van der Waals surface area contributed by atoms with Gasteiger partial charge in [0.1, 0.15) is 11.0 Å². The molecule has 2 rings (SSSR count). The summed E-state index contributed by atoms with van der Waals surface area (Å²) in [7, 11) is 1.71. The van der Waals surface area contributed by atoms with Crippen molar-refractivity contribution in [3.05, 3.63) is 22.8 Å². The largest absolute Gasteiger partial charge is 0.388 e. The monoisotopic (exact) mass is 269 g/mol. The van der Waals surface area contributed by atoms with Crippen LogP contribution in [0.5, 0.6) is 0 Å². The first kappa shape index (κ1) is 13.1. The van der Waals surface area contributed by atoms with E-state index in [1.165, 1.54) is 6.07 Å². The van der Waals surface area contributed by atoms with Gasteiger partial charge >= 0.3 is 0 Å². The third-order valence-electron chi connectivity index (χ3n) is 3.17. The van der Waals surface area contributed by atoms with Crippen LogP contribution in [0.15, 0.2) is 12.1 Å². The van der Waals surface area contributed by atoms with Crippen LogP contribution in [-0.2, 0) is 0 Å². The molecular weight excluding hydrogens is 254 g/mol. The molecule has 6 heteroatoms. The zero-order valence-corrected chi connectivity index (χ0v) is 10.9. The summed E-state index contributed by atoms with van der Waals surface area (Å²) in [5.74, 6) is 0.283. The number of amides is 1. The molecule has 1 aromatic heterocycles. The minimum atomic E-state index is -0.724. The molecule has 0 atom stereocenters. The Bertz CT molecular complexity index is 461. The lowest BCUT2D eigenvalue weighted by Gasteiger charge is -2.36. The van der Waals surface area contributed by atoms with Gasteiger partial charge in [0.05, 0.1) is 5.60 Å². The molecule has 98 valence electrons. The van der Waals surface area contributed by atoms with Crippen molar-refractivity contribution in [2.24, 2.45) is 0 Å². The van der Waals surface area contributed by atoms with Gasteiger partial charge in [0.15, 0.2) is 0 Å². The fourth-order valence-corrected chi connectivity index (χ4v) is 2.07. The predicted octanol–water partition coefficient (Wildman–Crippen LogP) is 1.42. The van der Waals surface area contributed by atoms with Gasteiger partial charge in [0, 0.05) is 19.2 Å². The smallest absolute Gasteiger partial charge is 0.251 e. The van der Waals surface area contributed by atoms with Crippen LogP contribution in [0.3, 0.4) is 0 Å². The lowest BCUT2D eigenvalue weighted by atomic mass is 9.80. The molecule has 0 aromatic carbocycles. The quantitative estimate of drug-likeness (QED) is 0.723. The van der Waals surface area contributed by atoms with E-state index in [-0.39, 0.29) is 17.6 Å². The van der Waals surface area contributed by atoms with Gasteiger partial charge in [-0.15, -0.1) is 0 Å². The predicted molar refractivity (Wildman–Crippen MR) is 69.9 cm³/mol. The van der Waals surface area contributed by atoms with Crippen molar-refractivity contribution in [3.63, 3.8) is 0 Å². The highest BCUT2D eigenvalue weighted by molar-refractivity contribution is 6.29. The maximum absolute atomic E-state index is 11.9. The Hall–Kier alpha value is -1.33. The molecule has 0 bridgehead atoms. The van der Waals surface area contributed by atoms with Gasteiger partial charge in [-0.25, -0.2) is 4.98 Å². The van der Waals surface area contributed by atoms with Gasteiger partial charge in [-0.2, -0.15) is 0 Å². The van der Waals surface area contributed by atoms with Crippen molar-refractivity contribution in [3.8, 4) is 0 Å². The van der Waals surface area contributed by atoms with Crippen LogP contribution in [0.1, 0.15) is 29.6 Å². The first-order valence-electron chi connectivity index (χ1n) is 5.88. The number of anilines is 1. The van der Waals surface area contributed by atoms with E-state index in [1.54, 1.807) is 13.1 Å². The van der Waals surface area contributed by atoms with Crippen molar-refractivity contribution in [1.29, 1.82) is 0 Å². The Kier molecular flexibility index (Phi) is 3.73. The molecule has 18 heavy (non-hydrogen) atoms. The number of hydrogen-bond acceptors (Lipinski definition) is 4. The number of nitrogens with zero attached hydrogens (tertiary/aromatic N) is 1. The molecule has 0 saturated heterocycles. The van der Waals surface area contributed by atoms with E-state index >= 15 is 0 Å². The summed E-state index contributed by atoms with van der Waals surface area (Å²) in [6.45, 7) is 0.278. The normalized spacial score (nSPS) is 16.8. The zero-order chi connectivity index (χ0) is 13.2. The van der Waals surface area contributed by atoms with Crippen LogP contribution >= 0.6 is 11.6 Å². The average Bonchev–Trinajstić information content (AvgIpc) is 2.32. The zero-order valence-electron chi connectivity index (χ0n) is 10.2. The molecule has 3 N–H and O–H groups in total. The fraction of sp³-hybridized carbons (Fsp3) is 0.500. The van der Waals surface area contributed by atoms with E-state index in [4.69, 9.17) is 11.6 Å². The van der Waals surface area contributed by atoms with Crippen molar-refractivity contribution in [1.82, 2.24) is 10.3 Å². The molecule has 0 radical (unpaired) electrons. The number of halogens is 1. The topological polar surface area (TPSA) is 74.2 Å². The van der Waals surface area contributed by atoms with Crippen LogP contribution in [0.2, 0.25) is 5.15 Å². The van der Waals surface area contributed by atoms with E-state index in [0.29, 0.717) is 11.4 Å². The Morgan fingerprint density at radius 2 is 2.28 bits per heavy atom. The number of pyridine rings is 1. The second-order valence-electron chi connectivity index (χ2n) is 4.57. The summed E-state index contributed by atoms with van der Waals surface area (Å²) < 4.78 is 0. The molecular formula is C12H16ClN3O2. The van der Waals surface area contributed by atoms with Crippen molar-refractivity contribution >= 4 is 23.3 Å². The van der Waals surface area contributed by atoms with E-state index in [2.05, 4.69) is 15.6 Å².